The largest absolute Gasteiger partial charge is 0.596 e. The minimum absolute atomic E-state index is 0.291. The Morgan fingerprint density at radius 3 is 2.70 bits per heavy atom. The van der Waals surface area contributed by atoms with Crippen LogP contribution >= 0.6 is 0 Å². The van der Waals surface area contributed by atoms with Gasteiger partial charge >= 0.3 is 5.56 Å². The van der Waals surface area contributed by atoms with Crippen LogP contribution in [0.15, 0.2) is 16.9 Å². The van der Waals surface area contributed by atoms with Crippen LogP contribution in [0.5, 0.6) is 0 Å². The zero-order valence-corrected chi connectivity index (χ0v) is 5.87. The molecule has 0 atom stereocenters. The van der Waals surface area contributed by atoms with Crippen LogP contribution in [0.3, 0.4) is 0 Å². The first-order chi connectivity index (χ1) is 4.63. The van der Waals surface area contributed by atoms with Gasteiger partial charge in [-0.1, -0.05) is 4.85 Å². The second kappa shape index (κ2) is 2.13. The molecular weight excluding hydrogens is 132 g/mol. The summed E-state index contributed by atoms with van der Waals surface area (Å²) in [5, 5.41) is 10.9. The number of hydrogen-bond donors (Lipinski definition) is 0. The summed E-state index contributed by atoms with van der Waals surface area (Å²) < 4.78 is 1.01. The molecule has 0 amide bonds. The SMILES string of the molecule is Cc1ccc(=O)n(C)[n+]1[O-]. The van der Waals surface area contributed by atoms with Crippen molar-refractivity contribution in [1.82, 2.24) is 4.68 Å². The minimum Gasteiger partial charge on any atom is -0.596 e. The van der Waals surface area contributed by atoms with E-state index in [0.29, 0.717) is 10.5 Å². The molecule has 1 aromatic rings. The van der Waals surface area contributed by atoms with Crippen molar-refractivity contribution in [3.05, 3.63) is 33.4 Å². The predicted molar refractivity (Wildman–Crippen MR) is 35.4 cm³/mol. The first-order valence-corrected chi connectivity index (χ1v) is 2.89. The second-order valence-electron chi connectivity index (χ2n) is 2.11. The van der Waals surface area contributed by atoms with Crippen LogP contribution in [-0.4, -0.2) is 4.68 Å². The van der Waals surface area contributed by atoms with Crippen LogP contribution in [0.1, 0.15) is 5.69 Å². The van der Waals surface area contributed by atoms with Crippen molar-refractivity contribution in [2.45, 2.75) is 6.92 Å². The van der Waals surface area contributed by atoms with Crippen molar-refractivity contribution in [3.8, 4) is 0 Å². The fourth-order valence-corrected chi connectivity index (χ4v) is 0.690. The molecule has 1 heterocycles. The van der Waals surface area contributed by atoms with E-state index in [1.165, 1.54) is 19.2 Å². The maximum Gasteiger partial charge on any atom is 0.301 e. The summed E-state index contributed by atoms with van der Waals surface area (Å²) in [6.07, 6.45) is 0. The summed E-state index contributed by atoms with van der Waals surface area (Å²) in [4.78, 5) is 11.3. The van der Waals surface area contributed by atoms with Gasteiger partial charge in [-0.05, 0) is 0 Å². The Hall–Kier alpha value is -1.32. The van der Waals surface area contributed by atoms with E-state index in [1.807, 2.05) is 0 Å². The van der Waals surface area contributed by atoms with Gasteiger partial charge in [-0.2, -0.15) is 0 Å². The summed E-state index contributed by atoms with van der Waals surface area (Å²) in [7, 11) is 1.43. The number of nitrogens with zero attached hydrogens (tertiary/aromatic N) is 2. The fourth-order valence-electron chi connectivity index (χ4n) is 0.690. The van der Waals surface area contributed by atoms with Gasteiger partial charge in [0.15, 0.2) is 0 Å². The maximum absolute atomic E-state index is 10.9. The van der Waals surface area contributed by atoms with Crippen LogP contribution in [0.2, 0.25) is 0 Å². The van der Waals surface area contributed by atoms with Crippen molar-refractivity contribution in [1.29, 1.82) is 0 Å². The van der Waals surface area contributed by atoms with Gasteiger partial charge in [0.1, 0.15) is 0 Å². The van der Waals surface area contributed by atoms with E-state index >= 15 is 0 Å². The molecule has 0 aliphatic heterocycles. The molecule has 0 saturated heterocycles. The van der Waals surface area contributed by atoms with Crippen LogP contribution in [-0.2, 0) is 7.05 Å². The normalized spacial score (nSPS) is 9.80. The lowest BCUT2D eigenvalue weighted by Crippen LogP contribution is -2.47. The van der Waals surface area contributed by atoms with E-state index in [4.69, 9.17) is 0 Å². The Labute approximate surface area is 57.9 Å². The van der Waals surface area contributed by atoms with Crippen LogP contribution in [0.4, 0.5) is 0 Å². The molecule has 0 bridgehead atoms. The fraction of sp³-hybridized carbons (Fsp3) is 0.333. The Morgan fingerprint density at radius 2 is 2.20 bits per heavy atom. The van der Waals surface area contributed by atoms with Gasteiger partial charge in [0, 0.05) is 19.1 Å². The molecule has 0 unspecified atom stereocenters. The van der Waals surface area contributed by atoms with Crippen molar-refractivity contribution < 1.29 is 4.85 Å². The lowest BCUT2D eigenvalue weighted by atomic mass is 10.4. The molecule has 1 aromatic heterocycles. The lowest BCUT2D eigenvalue weighted by molar-refractivity contribution is -0.703. The third kappa shape index (κ3) is 0.877. The van der Waals surface area contributed by atoms with Crippen LogP contribution in [0.25, 0.3) is 0 Å². The molecule has 0 N–H and O–H groups in total. The smallest absolute Gasteiger partial charge is 0.301 e. The molecule has 0 saturated carbocycles. The minimum atomic E-state index is -0.291. The van der Waals surface area contributed by atoms with Gasteiger partial charge < -0.3 is 5.21 Å². The summed E-state index contributed by atoms with van der Waals surface area (Å²) in [6, 6.07) is 2.86. The van der Waals surface area contributed by atoms with E-state index in [0.717, 1.165) is 4.68 Å². The van der Waals surface area contributed by atoms with Gasteiger partial charge in [-0.25, -0.2) is 0 Å². The highest BCUT2D eigenvalue weighted by molar-refractivity contribution is 4.91. The zero-order chi connectivity index (χ0) is 7.72. The third-order valence-corrected chi connectivity index (χ3v) is 1.36. The molecule has 0 aliphatic carbocycles. The standard InChI is InChI=1S/C6H8N2O2/c1-5-3-4-6(9)7(2)8(5)10/h3-4H,1-2H3. The number of aromatic nitrogens is 2. The predicted octanol–water partition coefficient (Wildman–Crippen LogP) is -0.673. The van der Waals surface area contributed by atoms with Crippen molar-refractivity contribution in [3.63, 3.8) is 0 Å². The quantitative estimate of drug-likeness (QED) is 0.354. The summed E-state index contributed by atoms with van der Waals surface area (Å²) in [6.45, 7) is 1.65. The third-order valence-electron chi connectivity index (χ3n) is 1.36. The molecule has 4 heteroatoms. The molecule has 0 radical (unpaired) electrons. The Kier molecular flexibility index (Phi) is 1.45. The molecule has 0 spiro atoms. The molecule has 0 aromatic carbocycles. The maximum atomic E-state index is 10.9. The first-order valence-electron chi connectivity index (χ1n) is 2.89. The molecule has 10 heavy (non-hydrogen) atoms. The molecular formula is C6H8N2O2. The van der Waals surface area contributed by atoms with Crippen LogP contribution in [0, 0.1) is 12.1 Å². The molecule has 0 fully saturated rings. The average molecular weight is 140 g/mol. The number of aryl methyl sites for hydroxylation is 1. The zero-order valence-electron chi connectivity index (χ0n) is 5.87. The van der Waals surface area contributed by atoms with Gasteiger partial charge in [0.05, 0.1) is 7.05 Å². The highest BCUT2D eigenvalue weighted by Crippen LogP contribution is 1.79. The Balaban J connectivity index is 3.49. The number of hydrogen-bond acceptors (Lipinski definition) is 2. The van der Waals surface area contributed by atoms with Crippen molar-refractivity contribution in [2.24, 2.45) is 7.05 Å². The Bertz CT molecular complexity index is 303. The van der Waals surface area contributed by atoms with E-state index < -0.39 is 0 Å². The Morgan fingerprint density at radius 1 is 1.60 bits per heavy atom. The highest BCUT2D eigenvalue weighted by atomic mass is 16.5. The molecule has 0 aliphatic rings. The van der Waals surface area contributed by atoms with Gasteiger partial charge in [-0.15, -0.1) is 4.68 Å². The summed E-state index contributed by atoms with van der Waals surface area (Å²) in [5.41, 5.74) is 0.225. The van der Waals surface area contributed by atoms with E-state index in [2.05, 4.69) is 0 Å². The van der Waals surface area contributed by atoms with E-state index in [9.17, 15) is 10.0 Å². The van der Waals surface area contributed by atoms with Gasteiger partial charge in [0.2, 0.25) is 5.69 Å². The summed E-state index contributed by atoms with van der Waals surface area (Å²) in [5.74, 6) is 0. The summed E-state index contributed by atoms with van der Waals surface area (Å²) >= 11 is 0. The molecule has 4 nitrogen and oxygen atoms in total. The average Bonchev–Trinajstić information content (AvgIpc) is 1.93. The highest BCUT2D eigenvalue weighted by Gasteiger charge is 2.01. The lowest BCUT2D eigenvalue weighted by Gasteiger charge is -2.01. The van der Waals surface area contributed by atoms with Gasteiger partial charge in [-0.3, -0.25) is 4.79 Å². The van der Waals surface area contributed by atoms with Gasteiger partial charge in [0.25, 0.3) is 0 Å². The second-order valence-corrected chi connectivity index (χ2v) is 2.11. The monoisotopic (exact) mass is 140 g/mol. The van der Waals surface area contributed by atoms with E-state index in [1.54, 1.807) is 6.92 Å². The van der Waals surface area contributed by atoms with E-state index in [-0.39, 0.29) is 5.56 Å². The first kappa shape index (κ1) is 6.80. The van der Waals surface area contributed by atoms with Crippen LogP contribution < -0.4 is 10.4 Å². The van der Waals surface area contributed by atoms with Crippen molar-refractivity contribution >= 4 is 0 Å². The topological polar surface area (TPSA) is 48.9 Å². The number of rotatable bonds is 0. The molecule has 54 valence electrons. The molecule has 1 rings (SSSR count). The van der Waals surface area contributed by atoms with Crippen molar-refractivity contribution in [2.75, 3.05) is 0 Å².